The highest BCUT2D eigenvalue weighted by atomic mass is 16.7. The highest BCUT2D eigenvalue weighted by Gasteiger charge is 2.23. The first-order chi connectivity index (χ1) is 17.6. The van der Waals surface area contributed by atoms with Gasteiger partial charge in [0, 0.05) is 11.6 Å². The zero-order valence-electron chi connectivity index (χ0n) is 20.7. The van der Waals surface area contributed by atoms with Crippen molar-refractivity contribution in [2.75, 3.05) is 13.9 Å². The summed E-state index contributed by atoms with van der Waals surface area (Å²) in [4.78, 5) is 0. The summed E-state index contributed by atoms with van der Waals surface area (Å²) in [6.45, 7) is 2.36. The lowest BCUT2D eigenvalue weighted by atomic mass is 9.94. The molecule has 4 aromatic carbocycles. The van der Waals surface area contributed by atoms with Crippen LogP contribution in [0, 0.1) is 6.92 Å². The zero-order valence-corrected chi connectivity index (χ0v) is 20.7. The molecule has 0 atom stereocenters. The monoisotopic (exact) mass is 474 g/mol. The van der Waals surface area contributed by atoms with Gasteiger partial charge >= 0.3 is 0 Å². The van der Waals surface area contributed by atoms with Gasteiger partial charge < -0.3 is 14.2 Å². The van der Waals surface area contributed by atoms with Crippen LogP contribution in [0.5, 0.6) is 17.2 Å². The largest absolute Gasteiger partial charge is 0.496 e. The quantitative estimate of drug-likeness (QED) is 0.268. The summed E-state index contributed by atoms with van der Waals surface area (Å²) in [6, 6.07) is 30.0. The van der Waals surface area contributed by atoms with Gasteiger partial charge in [-0.2, -0.15) is 0 Å². The molecule has 1 aliphatic rings. The normalized spacial score (nSPS) is 12.2. The molecule has 0 saturated heterocycles. The Hall–Kier alpha value is -4.31. The van der Waals surface area contributed by atoms with Crippen LogP contribution in [0.4, 0.5) is 0 Å². The molecule has 178 valence electrons. The van der Waals surface area contributed by atoms with E-state index in [2.05, 4.69) is 97.5 Å². The van der Waals surface area contributed by atoms with Crippen LogP contribution in [0.2, 0.25) is 0 Å². The van der Waals surface area contributed by atoms with Gasteiger partial charge in [0.2, 0.25) is 12.5 Å². The Labute approximate surface area is 211 Å². The molecule has 36 heavy (non-hydrogen) atoms. The Balaban J connectivity index is 1.43. The van der Waals surface area contributed by atoms with Crippen molar-refractivity contribution in [2.45, 2.75) is 13.3 Å². The molecule has 2 heterocycles. The van der Waals surface area contributed by atoms with Crippen LogP contribution < -0.4 is 18.8 Å². The Morgan fingerprint density at radius 1 is 0.833 bits per heavy atom. The standard InChI is InChI=1S/C32H28NO3/c1-21-28-19-33(2)29(16-25(28)13-14-30(21)34-3)27-18-32-31(35-20-36-32)17-26(27)15-22-9-11-24(12-10-22)23-7-5-4-6-8-23/h4-14,16-19H,15,20H2,1-3H3/q+1. The molecule has 0 radical (unpaired) electrons. The third-order valence-corrected chi connectivity index (χ3v) is 7.04. The Morgan fingerprint density at radius 2 is 1.56 bits per heavy atom. The fourth-order valence-electron chi connectivity index (χ4n) is 5.06. The Kier molecular flexibility index (Phi) is 5.57. The second-order valence-electron chi connectivity index (χ2n) is 9.27. The fraction of sp³-hybridized carbons (Fsp3) is 0.156. The van der Waals surface area contributed by atoms with E-state index in [4.69, 9.17) is 14.2 Å². The van der Waals surface area contributed by atoms with Crippen LogP contribution in [-0.2, 0) is 13.5 Å². The van der Waals surface area contributed by atoms with Crippen molar-refractivity contribution in [1.29, 1.82) is 0 Å². The first-order valence-corrected chi connectivity index (χ1v) is 12.1. The number of nitrogens with zero attached hydrogens (tertiary/aromatic N) is 1. The number of aromatic nitrogens is 1. The highest BCUT2D eigenvalue weighted by Crippen LogP contribution is 2.40. The predicted molar refractivity (Wildman–Crippen MR) is 143 cm³/mol. The number of hydrogen-bond acceptors (Lipinski definition) is 3. The topological polar surface area (TPSA) is 31.6 Å². The summed E-state index contributed by atoms with van der Waals surface area (Å²) >= 11 is 0. The van der Waals surface area contributed by atoms with Crippen molar-refractivity contribution in [1.82, 2.24) is 0 Å². The van der Waals surface area contributed by atoms with Gasteiger partial charge in [-0.15, -0.1) is 0 Å². The number of rotatable bonds is 5. The molecule has 1 aliphatic heterocycles. The molecule has 0 amide bonds. The number of pyridine rings is 1. The minimum absolute atomic E-state index is 0.257. The average molecular weight is 475 g/mol. The Morgan fingerprint density at radius 3 is 2.31 bits per heavy atom. The van der Waals surface area contributed by atoms with Crippen molar-refractivity contribution < 1.29 is 18.8 Å². The van der Waals surface area contributed by atoms with E-state index in [0.717, 1.165) is 40.5 Å². The lowest BCUT2D eigenvalue weighted by Crippen LogP contribution is -2.31. The van der Waals surface area contributed by atoms with Gasteiger partial charge in [-0.1, -0.05) is 60.7 Å². The van der Waals surface area contributed by atoms with E-state index in [1.165, 1.54) is 33.0 Å². The van der Waals surface area contributed by atoms with Crippen LogP contribution in [0.15, 0.2) is 91.1 Å². The van der Waals surface area contributed by atoms with Crippen LogP contribution in [0.25, 0.3) is 33.2 Å². The van der Waals surface area contributed by atoms with Crippen molar-refractivity contribution >= 4 is 10.8 Å². The number of benzene rings is 4. The number of methoxy groups -OCH3 is 1. The maximum absolute atomic E-state index is 5.76. The highest BCUT2D eigenvalue weighted by molar-refractivity contribution is 5.89. The van der Waals surface area contributed by atoms with E-state index in [-0.39, 0.29) is 6.79 Å². The summed E-state index contributed by atoms with van der Waals surface area (Å²) in [6.07, 6.45) is 2.98. The van der Waals surface area contributed by atoms with Crippen LogP contribution >= 0.6 is 0 Å². The van der Waals surface area contributed by atoms with Gasteiger partial charge in [-0.3, -0.25) is 0 Å². The summed E-state index contributed by atoms with van der Waals surface area (Å²) in [5.74, 6) is 2.50. The predicted octanol–water partition coefficient (Wildman–Crippen LogP) is 6.63. The molecule has 0 unspecified atom stereocenters. The molecule has 4 heteroatoms. The lowest BCUT2D eigenvalue weighted by molar-refractivity contribution is -0.659. The van der Waals surface area contributed by atoms with Gasteiger partial charge in [0.25, 0.3) is 0 Å². The van der Waals surface area contributed by atoms with Gasteiger partial charge in [0.1, 0.15) is 12.8 Å². The van der Waals surface area contributed by atoms with E-state index in [1.807, 2.05) is 12.1 Å². The lowest BCUT2D eigenvalue weighted by Gasteiger charge is -2.13. The molecular weight excluding hydrogens is 446 g/mol. The molecule has 0 fully saturated rings. The second kappa shape index (κ2) is 9.04. The van der Waals surface area contributed by atoms with Crippen LogP contribution in [-0.4, -0.2) is 13.9 Å². The first-order valence-electron chi connectivity index (χ1n) is 12.1. The van der Waals surface area contributed by atoms with Crippen molar-refractivity contribution in [3.8, 4) is 39.6 Å². The molecule has 6 rings (SSSR count). The van der Waals surface area contributed by atoms with Crippen LogP contribution in [0.3, 0.4) is 0 Å². The van der Waals surface area contributed by atoms with Crippen molar-refractivity contribution in [3.05, 3.63) is 108 Å². The first kappa shape index (κ1) is 22.2. The summed E-state index contributed by atoms with van der Waals surface area (Å²) < 4.78 is 19.2. The SMILES string of the molecule is COc1ccc2cc(-c3cc4c(cc3Cc3ccc(-c5ccccc5)cc3)OCO4)[n+](C)cc2c1C. The molecular formula is C32H28NO3+. The van der Waals surface area contributed by atoms with E-state index in [9.17, 15) is 0 Å². The molecule has 5 aromatic rings. The van der Waals surface area contributed by atoms with Gasteiger partial charge in [-0.25, -0.2) is 4.57 Å². The summed E-state index contributed by atoms with van der Waals surface area (Å²) in [5.41, 5.74) is 8.30. The maximum atomic E-state index is 5.76. The molecule has 0 aliphatic carbocycles. The fourth-order valence-corrected chi connectivity index (χ4v) is 5.06. The zero-order chi connectivity index (χ0) is 24.6. The van der Waals surface area contributed by atoms with E-state index >= 15 is 0 Å². The maximum Gasteiger partial charge on any atom is 0.231 e. The molecule has 0 N–H and O–H groups in total. The smallest absolute Gasteiger partial charge is 0.231 e. The molecule has 1 aromatic heterocycles. The number of hydrogen-bond donors (Lipinski definition) is 0. The average Bonchev–Trinajstić information content (AvgIpc) is 3.37. The number of fused-ring (bicyclic) bond motifs is 2. The van der Waals surface area contributed by atoms with Crippen molar-refractivity contribution in [3.63, 3.8) is 0 Å². The van der Waals surface area contributed by atoms with Crippen LogP contribution in [0.1, 0.15) is 16.7 Å². The van der Waals surface area contributed by atoms with Gasteiger partial charge in [0.15, 0.2) is 17.7 Å². The van der Waals surface area contributed by atoms with Gasteiger partial charge in [-0.05, 0) is 59.2 Å². The minimum atomic E-state index is 0.257. The second-order valence-corrected chi connectivity index (χ2v) is 9.27. The van der Waals surface area contributed by atoms with E-state index in [1.54, 1.807) is 7.11 Å². The molecule has 0 spiro atoms. The molecule has 4 nitrogen and oxygen atoms in total. The Bertz CT molecular complexity index is 1570. The van der Waals surface area contributed by atoms with E-state index < -0.39 is 0 Å². The summed E-state index contributed by atoms with van der Waals surface area (Å²) in [5, 5.41) is 2.36. The molecule has 0 saturated carbocycles. The van der Waals surface area contributed by atoms with Crippen molar-refractivity contribution in [2.24, 2.45) is 7.05 Å². The minimum Gasteiger partial charge on any atom is -0.496 e. The third kappa shape index (κ3) is 3.95. The number of ether oxygens (including phenoxy) is 3. The van der Waals surface area contributed by atoms with Gasteiger partial charge in [0.05, 0.1) is 18.1 Å². The summed E-state index contributed by atoms with van der Waals surface area (Å²) in [7, 11) is 3.81. The molecule has 0 bridgehead atoms. The van der Waals surface area contributed by atoms with E-state index in [0.29, 0.717) is 0 Å². The third-order valence-electron chi connectivity index (χ3n) is 7.04. The number of aryl methyl sites for hydroxylation is 2.